The van der Waals surface area contributed by atoms with E-state index >= 15 is 0 Å². The molecule has 0 fully saturated rings. The predicted molar refractivity (Wildman–Crippen MR) is 72.9 cm³/mol. The number of nitrogens with one attached hydrogen (secondary N) is 2. The molecule has 0 saturated heterocycles. The Morgan fingerprint density at radius 3 is 2.67 bits per heavy atom. The van der Waals surface area contributed by atoms with Crippen LogP contribution >= 0.6 is 27.5 Å². The van der Waals surface area contributed by atoms with Gasteiger partial charge in [-0.1, -0.05) is 11.6 Å². The first-order chi connectivity index (χ1) is 8.40. The Labute approximate surface area is 118 Å². The Bertz CT molecular complexity index is 468. The largest absolute Gasteiger partial charge is 0.480 e. The van der Waals surface area contributed by atoms with Gasteiger partial charge in [0.1, 0.15) is 6.04 Å². The van der Waals surface area contributed by atoms with Crippen molar-refractivity contribution >= 4 is 45.1 Å². The van der Waals surface area contributed by atoms with Crippen LogP contribution in [0.4, 0.5) is 5.69 Å². The van der Waals surface area contributed by atoms with Crippen molar-refractivity contribution in [2.45, 2.75) is 13.0 Å². The monoisotopic (exact) mass is 334 g/mol. The topological polar surface area (TPSA) is 78.4 Å². The molecule has 0 aliphatic heterocycles. The number of hydrogen-bond acceptors (Lipinski definition) is 3. The van der Waals surface area contributed by atoms with Crippen molar-refractivity contribution in [3.05, 3.63) is 27.7 Å². The first kappa shape index (κ1) is 14.8. The van der Waals surface area contributed by atoms with Crippen molar-refractivity contribution < 1.29 is 14.7 Å². The van der Waals surface area contributed by atoms with E-state index in [0.717, 1.165) is 4.47 Å². The number of carboxylic acids is 1. The fourth-order valence-corrected chi connectivity index (χ4v) is 2.11. The second-order valence-corrected chi connectivity index (χ2v) is 4.89. The molecule has 3 N–H and O–H groups in total. The lowest BCUT2D eigenvalue weighted by Crippen LogP contribution is -2.44. The van der Waals surface area contributed by atoms with Crippen LogP contribution in [0.1, 0.15) is 6.92 Å². The minimum atomic E-state index is -1.09. The lowest BCUT2D eigenvalue weighted by Gasteiger charge is -2.15. The smallest absolute Gasteiger partial charge is 0.328 e. The molecule has 1 aromatic rings. The third-order valence-corrected chi connectivity index (χ3v) is 2.99. The van der Waals surface area contributed by atoms with Crippen molar-refractivity contribution in [3.63, 3.8) is 0 Å². The summed E-state index contributed by atoms with van der Waals surface area (Å²) in [5, 5.41) is 14.8. The molecule has 1 amide bonds. The fraction of sp³-hybridized carbons (Fsp3) is 0.273. The average Bonchev–Trinajstić information content (AvgIpc) is 2.25. The molecule has 98 valence electrons. The molecule has 0 bridgehead atoms. The average molecular weight is 336 g/mol. The molecule has 0 aliphatic rings. The number of carboxylic acid groups (broad SMARTS) is 1. The zero-order chi connectivity index (χ0) is 13.7. The van der Waals surface area contributed by atoms with Crippen LogP contribution in [-0.4, -0.2) is 29.6 Å². The van der Waals surface area contributed by atoms with E-state index in [2.05, 4.69) is 26.6 Å². The van der Waals surface area contributed by atoms with E-state index < -0.39 is 12.0 Å². The maximum atomic E-state index is 10.9. The number of carbonyl (C=O) groups excluding carboxylic acids is 1. The van der Waals surface area contributed by atoms with Crippen LogP contribution in [0.25, 0.3) is 0 Å². The molecular formula is C11H12BrClN2O3. The van der Waals surface area contributed by atoms with Gasteiger partial charge in [0.25, 0.3) is 0 Å². The lowest BCUT2D eigenvalue weighted by atomic mass is 10.2. The molecule has 1 rings (SSSR count). The van der Waals surface area contributed by atoms with Crippen LogP contribution in [0.15, 0.2) is 22.7 Å². The molecule has 0 aromatic heterocycles. The van der Waals surface area contributed by atoms with Gasteiger partial charge in [-0.05, 0) is 34.1 Å². The second-order valence-electron chi connectivity index (χ2n) is 3.60. The minimum Gasteiger partial charge on any atom is -0.480 e. The number of benzene rings is 1. The summed E-state index contributed by atoms with van der Waals surface area (Å²) < 4.78 is 0.724. The Hall–Kier alpha value is -1.27. The van der Waals surface area contributed by atoms with E-state index in [1.165, 1.54) is 6.92 Å². The van der Waals surface area contributed by atoms with Gasteiger partial charge < -0.3 is 15.7 Å². The van der Waals surface area contributed by atoms with Crippen LogP contribution in [0.5, 0.6) is 0 Å². The molecule has 0 saturated carbocycles. The lowest BCUT2D eigenvalue weighted by molar-refractivity contribution is -0.141. The summed E-state index contributed by atoms with van der Waals surface area (Å²) in [6.07, 6.45) is 0. The molecule has 0 aliphatic carbocycles. The van der Waals surface area contributed by atoms with Gasteiger partial charge in [0, 0.05) is 28.7 Å². The van der Waals surface area contributed by atoms with Crippen molar-refractivity contribution in [1.29, 1.82) is 0 Å². The first-order valence-corrected chi connectivity index (χ1v) is 6.26. The van der Waals surface area contributed by atoms with E-state index in [1.807, 2.05) is 0 Å². The highest BCUT2D eigenvalue weighted by atomic mass is 79.9. The summed E-state index contributed by atoms with van der Waals surface area (Å²) in [7, 11) is 0. The third kappa shape index (κ3) is 4.54. The first-order valence-electron chi connectivity index (χ1n) is 5.09. The third-order valence-electron chi connectivity index (χ3n) is 2.10. The molecule has 1 aromatic carbocycles. The predicted octanol–water partition coefficient (Wildman–Crippen LogP) is 2.10. The normalized spacial score (nSPS) is 11.7. The van der Waals surface area contributed by atoms with Gasteiger partial charge >= 0.3 is 5.97 Å². The fourth-order valence-electron chi connectivity index (χ4n) is 1.29. The molecule has 7 heteroatoms. The molecule has 0 heterocycles. The number of aliphatic carboxylic acids is 1. The zero-order valence-electron chi connectivity index (χ0n) is 9.54. The van der Waals surface area contributed by atoms with Crippen LogP contribution < -0.4 is 10.6 Å². The van der Waals surface area contributed by atoms with Gasteiger partial charge in [-0.25, -0.2) is 4.79 Å². The van der Waals surface area contributed by atoms with Gasteiger partial charge in [0.15, 0.2) is 0 Å². The maximum absolute atomic E-state index is 10.9. The quantitative estimate of drug-likeness (QED) is 0.770. The van der Waals surface area contributed by atoms with Crippen molar-refractivity contribution in [1.82, 2.24) is 5.32 Å². The maximum Gasteiger partial charge on any atom is 0.328 e. The number of anilines is 1. The summed E-state index contributed by atoms with van der Waals surface area (Å²) in [6.45, 7) is 1.35. The van der Waals surface area contributed by atoms with Crippen LogP contribution in [0, 0.1) is 0 Å². The summed E-state index contributed by atoms with van der Waals surface area (Å²) in [6, 6.07) is 4.12. The highest BCUT2D eigenvalue weighted by Gasteiger charge is 2.18. The highest BCUT2D eigenvalue weighted by molar-refractivity contribution is 9.10. The SMILES string of the molecule is CC(=O)NC(CNc1ccc(Cl)cc1Br)C(=O)O. The van der Waals surface area contributed by atoms with Crippen LogP contribution in [0.2, 0.25) is 5.02 Å². The van der Waals surface area contributed by atoms with Gasteiger partial charge in [-0.15, -0.1) is 0 Å². The van der Waals surface area contributed by atoms with Gasteiger partial charge in [-0.2, -0.15) is 0 Å². The molecule has 1 atom stereocenters. The zero-order valence-corrected chi connectivity index (χ0v) is 11.9. The number of carbonyl (C=O) groups is 2. The van der Waals surface area contributed by atoms with Gasteiger partial charge in [0.2, 0.25) is 5.91 Å². The highest BCUT2D eigenvalue weighted by Crippen LogP contribution is 2.25. The number of amides is 1. The number of hydrogen-bond donors (Lipinski definition) is 3. The standard InChI is InChI=1S/C11H12BrClN2O3/c1-6(16)15-10(11(17)18)5-14-9-3-2-7(13)4-8(9)12/h2-4,10,14H,5H2,1H3,(H,15,16)(H,17,18). The van der Waals surface area contributed by atoms with E-state index in [-0.39, 0.29) is 12.5 Å². The summed E-state index contributed by atoms with van der Waals surface area (Å²) >= 11 is 9.09. The summed E-state index contributed by atoms with van der Waals surface area (Å²) in [5.41, 5.74) is 0.705. The molecular weight excluding hydrogens is 323 g/mol. The molecule has 1 unspecified atom stereocenters. The van der Waals surface area contributed by atoms with Crippen LogP contribution in [0.3, 0.4) is 0 Å². The minimum absolute atomic E-state index is 0.0785. The number of rotatable bonds is 5. The summed E-state index contributed by atoms with van der Waals surface area (Å²) in [4.78, 5) is 21.8. The van der Waals surface area contributed by atoms with Crippen molar-refractivity contribution in [2.75, 3.05) is 11.9 Å². The van der Waals surface area contributed by atoms with Crippen molar-refractivity contribution in [2.24, 2.45) is 0 Å². The van der Waals surface area contributed by atoms with Gasteiger partial charge in [-0.3, -0.25) is 4.79 Å². The van der Waals surface area contributed by atoms with Crippen molar-refractivity contribution in [3.8, 4) is 0 Å². The van der Waals surface area contributed by atoms with Crippen LogP contribution in [-0.2, 0) is 9.59 Å². The molecule has 0 radical (unpaired) electrons. The number of halogens is 2. The molecule has 18 heavy (non-hydrogen) atoms. The van der Waals surface area contributed by atoms with E-state index in [9.17, 15) is 9.59 Å². The van der Waals surface area contributed by atoms with E-state index in [4.69, 9.17) is 16.7 Å². The Kier molecular flexibility index (Phi) is 5.43. The Balaban J connectivity index is 2.66. The Morgan fingerprint density at radius 2 is 2.17 bits per heavy atom. The van der Waals surface area contributed by atoms with E-state index in [0.29, 0.717) is 10.7 Å². The molecule has 0 spiro atoms. The van der Waals surface area contributed by atoms with Gasteiger partial charge in [0.05, 0.1) is 0 Å². The Morgan fingerprint density at radius 1 is 1.50 bits per heavy atom. The second kappa shape index (κ2) is 6.61. The molecule has 5 nitrogen and oxygen atoms in total. The summed E-state index contributed by atoms with van der Waals surface area (Å²) in [5.74, 6) is -1.48. The van der Waals surface area contributed by atoms with E-state index in [1.54, 1.807) is 18.2 Å².